The summed E-state index contributed by atoms with van der Waals surface area (Å²) in [6, 6.07) is 6.87. The van der Waals surface area contributed by atoms with E-state index in [-0.39, 0.29) is 0 Å². The first kappa shape index (κ1) is 12.0. The second kappa shape index (κ2) is 5.72. The van der Waals surface area contributed by atoms with Crippen LogP contribution in [0.5, 0.6) is 0 Å². The van der Waals surface area contributed by atoms with Crippen molar-refractivity contribution in [2.45, 2.75) is 13.3 Å². The second-order valence-electron chi connectivity index (χ2n) is 3.03. The van der Waals surface area contributed by atoms with Crippen molar-refractivity contribution < 1.29 is 10.0 Å². The Morgan fingerprint density at radius 2 is 2.12 bits per heavy atom. The van der Waals surface area contributed by atoms with Gasteiger partial charge >= 0.3 is 5.09 Å². The third-order valence-electron chi connectivity index (χ3n) is 1.85. The van der Waals surface area contributed by atoms with Gasteiger partial charge in [0.2, 0.25) is 0 Å². The van der Waals surface area contributed by atoms with Crippen LogP contribution in [-0.2, 0) is 4.94 Å². The Kier molecular flexibility index (Phi) is 4.28. The Labute approximate surface area is 92.9 Å². The van der Waals surface area contributed by atoms with Crippen LogP contribution in [0.2, 0.25) is 0 Å². The number of hydrazine groups is 1. The molecule has 0 saturated carbocycles. The average Bonchev–Trinajstić information content (AvgIpc) is 2.26. The third kappa shape index (κ3) is 3.58. The number of hydrogen-bond acceptors (Lipinski definition) is 5. The lowest BCUT2D eigenvalue weighted by Gasteiger charge is -2.13. The lowest BCUT2D eigenvalue weighted by atomic mass is 10.2. The standard InChI is InChI=1S/C10H13N3O3/c1-2-3-4-9-5-7-10(8-6-9)12(11)16-13(14)15/h3-8H,2,11H2,1H3/b4-3+. The predicted octanol–water partition coefficient (Wildman–Crippen LogP) is 1.91. The van der Waals surface area contributed by atoms with Gasteiger partial charge in [-0.25, -0.2) is 5.84 Å². The molecule has 0 amide bonds. The van der Waals surface area contributed by atoms with Crippen molar-refractivity contribution in [3.63, 3.8) is 0 Å². The molecular weight excluding hydrogens is 210 g/mol. The zero-order valence-electron chi connectivity index (χ0n) is 8.87. The molecule has 0 aliphatic rings. The zero-order valence-corrected chi connectivity index (χ0v) is 8.87. The van der Waals surface area contributed by atoms with E-state index in [9.17, 15) is 10.1 Å². The molecule has 0 heterocycles. The van der Waals surface area contributed by atoms with Gasteiger partial charge in [-0.1, -0.05) is 31.2 Å². The number of allylic oxidation sites excluding steroid dienone is 1. The molecule has 2 N–H and O–H groups in total. The molecule has 6 heteroatoms. The van der Waals surface area contributed by atoms with E-state index in [0.717, 1.165) is 12.0 Å². The third-order valence-corrected chi connectivity index (χ3v) is 1.85. The molecule has 86 valence electrons. The maximum atomic E-state index is 10.0. The van der Waals surface area contributed by atoms with E-state index < -0.39 is 5.09 Å². The molecule has 1 aromatic carbocycles. The summed E-state index contributed by atoms with van der Waals surface area (Å²) in [4.78, 5) is 14.1. The highest BCUT2D eigenvalue weighted by Crippen LogP contribution is 2.13. The Hall–Kier alpha value is -2.08. The van der Waals surface area contributed by atoms with E-state index in [1.54, 1.807) is 24.3 Å². The van der Waals surface area contributed by atoms with Gasteiger partial charge in [-0.05, 0) is 24.1 Å². The van der Waals surface area contributed by atoms with E-state index in [1.807, 2.05) is 19.1 Å². The van der Waals surface area contributed by atoms with Crippen molar-refractivity contribution in [3.8, 4) is 0 Å². The lowest BCUT2D eigenvalue weighted by molar-refractivity contribution is -0.762. The van der Waals surface area contributed by atoms with Gasteiger partial charge in [-0.15, -0.1) is 15.3 Å². The Morgan fingerprint density at radius 3 is 2.62 bits per heavy atom. The molecule has 0 aromatic heterocycles. The number of hydrogen-bond donors (Lipinski definition) is 1. The summed E-state index contributed by atoms with van der Waals surface area (Å²) < 4.78 is 0. The summed E-state index contributed by atoms with van der Waals surface area (Å²) in [5, 5.41) is 9.68. The van der Waals surface area contributed by atoms with Gasteiger partial charge < -0.3 is 0 Å². The smallest absolute Gasteiger partial charge is 0.223 e. The molecule has 0 saturated heterocycles. The van der Waals surface area contributed by atoms with Gasteiger partial charge in [0.15, 0.2) is 0 Å². The highest BCUT2D eigenvalue weighted by Gasteiger charge is 2.05. The van der Waals surface area contributed by atoms with Crippen molar-refractivity contribution in [1.82, 2.24) is 0 Å². The number of nitrogens with two attached hydrogens (primary N) is 1. The molecule has 0 spiro atoms. The number of benzene rings is 1. The van der Waals surface area contributed by atoms with E-state index in [4.69, 9.17) is 5.84 Å². The number of anilines is 1. The molecule has 1 aromatic rings. The number of nitrogens with zero attached hydrogens (tertiary/aromatic N) is 2. The van der Waals surface area contributed by atoms with Gasteiger partial charge in [-0.2, -0.15) is 4.94 Å². The first-order valence-electron chi connectivity index (χ1n) is 4.77. The largest absolute Gasteiger partial charge is 0.318 e. The van der Waals surface area contributed by atoms with Crippen molar-refractivity contribution >= 4 is 11.8 Å². The molecule has 0 fully saturated rings. The second-order valence-corrected chi connectivity index (χ2v) is 3.03. The van der Waals surface area contributed by atoms with Crippen LogP contribution in [0, 0.1) is 10.1 Å². The maximum Gasteiger partial charge on any atom is 0.318 e. The minimum Gasteiger partial charge on any atom is -0.223 e. The molecule has 1 rings (SSSR count). The molecule has 6 nitrogen and oxygen atoms in total. The quantitative estimate of drug-likeness (QED) is 0.468. The molecule has 0 atom stereocenters. The highest BCUT2D eigenvalue weighted by atomic mass is 17.0. The van der Waals surface area contributed by atoms with Gasteiger partial charge in [0, 0.05) is 0 Å². The van der Waals surface area contributed by atoms with E-state index >= 15 is 0 Å². The Balaban J connectivity index is 2.70. The molecule has 0 aliphatic carbocycles. The SMILES string of the molecule is CC/C=C/c1ccc(N(N)O[N+](=O)[O-])cc1. The normalized spacial score (nSPS) is 10.4. The van der Waals surface area contributed by atoms with Crippen molar-refractivity contribution in [3.05, 3.63) is 46.0 Å². The number of rotatable bonds is 5. The minimum absolute atomic E-state index is 0.408. The zero-order chi connectivity index (χ0) is 12.0. The minimum atomic E-state index is -0.967. The van der Waals surface area contributed by atoms with Crippen LogP contribution in [0.3, 0.4) is 0 Å². The Bertz CT molecular complexity index is 375. The summed E-state index contributed by atoms with van der Waals surface area (Å²) >= 11 is 0. The Morgan fingerprint density at radius 1 is 1.50 bits per heavy atom. The van der Waals surface area contributed by atoms with Gasteiger partial charge in [0.05, 0.1) is 5.69 Å². The fourth-order valence-electron chi connectivity index (χ4n) is 1.11. The first-order chi connectivity index (χ1) is 7.63. The van der Waals surface area contributed by atoms with E-state index in [2.05, 4.69) is 4.94 Å². The molecule has 0 aliphatic heterocycles. The van der Waals surface area contributed by atoms with Crippen LogP contribution in [0.4, 0.5) is 5.69 Å². The van der Waals surface area contributed by atoms with E-state index in [1.165, 1.54) is 0 Å². The van der Waals surface area contributed by atoms with Gasteiger partial charge in [0.1, 0.15) is 0 Å². The molecule has 0 radical (unpaired) electrons. The lowest BCUT2D eigenvalue weighted by Crippen LogP contribution is -2.33. The van der Waals surface area contributed by atoms with Crippen LogP contribution in [0.25, 0.3) is 6.08 Å². The summed E-state index contributed by atoms with van der Waals surface area (Å²) in [6.45, 7) is 2.04. The monoisotopic (exact) mass is 223 g/mol. The molecule has 16 heavy (non-hydrogen) atoms. The first-order valence-corrected chi connectivity index (χ1v) is 4.77. The summed E-state index contributed by atoms with van der Waals surface area (Å²) in [7, 11) is 0. The van der Waals surface area contributed by atoms with Crippen LogP contribution in [-0.4, -0.2) is 5.09 Å². The molecule has 0 bridgehead atoms. The summed E-state index contributed by atoms with van der Waals surface area (Å²) in [5.74, 6) is 5.30. The fourth-order valence-corrected chi connectivity index (χ4v) is 1.11. The summed E-state index contributed by atoms with van der Waals surface area (Å²) in [6.07, 6.45) is 4.93. The van der Waals surface area contributed by atoms with Crippen LogP contribution in [0.1, 0.15) is 18.9 Å². The van der Waals surface area contributed by atoms with Crippen molar-refractivity contribution in [1.29, 1.82) is 0 Å². The van der Waals surface area contributed by atoms with Gasteiger partial charge in [-0.3, -0.25) is 0 Å². The topological polar surface area (TPSA) is 81.6 Å². The van der Waals surface area contributed by atoms with Crippen molar-refractivity contribution in [2.24, 2.45) is 5.84 Å². The van der Waals surface area contributed by atoms with Crippen molar-refractivity contribution in [2.75, 3.05) is 5.17 Å². The van der Waals surface area contributed by atoms with Crippen LogP contribution < -0.4 is 11.0 Å². The molecular formula is C10H13N3O3. The van der Waals surface area contributed by atoms with E-state index in [0.29, 0.717) is 10.9 Å². The average molecular weight is 223 g/mol. The van der Waals surface area contributed by atoms with Gasteiger partial charge in [0.25, 0.3) is 0 Å². The fraction of sp³-hybridized carbons (Fsp3) is 0.200. The van der Waals surface area contributed by atoms with Crippen LogP contribution in [0.15, 0.2) is 30.3 Å². The highest BCUT2D eigenvalue weighted by molar-refractivity contribution is 5.54. The predicted molar refractivity (Wildman–Crippen MR) is 60.5 cm³/mol. The van der Waals surface area contributed by atoms with Crippen LogP contribution >= 0.6 is 0 Å². The maximum absolute atomic E-state index is 10.0. The summed E-state index contributed by atoms with van der Waals surface area (Å²) in [5.41, 5.74) is 1.41. The molecule has 0 unspecified atom stereocenters.